The molecule has 0 saturated carbocycles. The summed E-state index contributed by atoms with van der Waals surface area (Å²) in [6.45, 7) is 4.44. The fraction of sp³-hybridized carbons (Fsp3) is 0.613. The normalized spacial score (nSPS) is 36.4. The van der Waals surface area contributed by atoms with Crippen molar-refractivity contribution in [2.75, 3.05) is 27.8 Å². The molecule has 6 unspecified atom stereocenters. The van der Waals surface area contributed by atoms with Gasteiger partial charge in [0.25, 0.3) is 0 Å². The molecule has 2 bridgehead atoms. The van der Waals surface area contributed by atoms with Crippen LogP contribution in [0.1, 0.15) is 38.3 Å². The Balaban J connectivity index is 1.41. The Morgan fingerprint density at radius 1 is 0.955 bits per heavy atom. The fourth-order valence-electron chi connectivity index (χ4n) is 7.83. The molecule has 44 heavy (non-hydrogen) atoms. The van der Waals surface area contributed by atoms with E-state index in [0.29, 0.717) is 11.8 Å². The number of likely N-dealkylation sites (tertiary alicyclic amines) is 1. The molecule has 1 spiro atoms. The van der Waals surface area contributed by atoms with Gasteiger partial charge in [-0.3, -0.25) is 14.4 Å². The van der Waals surface area contributed by atoms with Gasteiger partial charge in [0.2, 0.25) is 0 Å². The van der Waals surface area contributed by atoms with Gasteiger partial charge in [-0.1, -0.05) is 18.2 Å². The number of hydrogen-bond donors (Lipinski definition) is 0. The number of piperidine rings is 1. The van der Waals surface area contributed by atoms with Crippen molar-refractivity contribution in [3.05, 3.63) is 35.4 Å². The maximum Gasteiger partial charge on any atom is 0.339 e. The number of carbonyl (C=O) groups excluding carboxylic acids is 4. The van der Waals surface area contributed by atoms with Gasteiger partial charge in [0.05, 0.1) is 19.5 Å². The van der Waals surface area contributed by atoms with Gasteiger partial charge < -0.3 is 38.1 Å². The van der Waals surface area contributed by atoms with Gasteiger partial charge in [-0.15, -0.1) is 11.8 Å². The van der Waals surface area contributed by atoms with E-state index in [1.807, 2.05) is 6.07 Å². The van der Waals surface area contributed by atoms with Crippen LogP contribution >= 0.6 is 11.8 Å². The molecule has 2 fully saturated rings. The largest absolute Gasteiger partial charge is 0.493 e. The number of carbonyl (C=O) groups is 4. The lowest BCUT2D eigenvalue weighted by Crippen LogP contribution is -2.65. The second-order valence-corrected chi connectivity index (χ2v) is 13.2. The first-order valence-electron chi connectivity index (χ1n) is 14.7. The molecule has 0 aromatic heterocycles. The van der Waals surface area contributed by atoms with Crippen LogP contribution in [0.3, 0.4) is 0 Å². The van der Waals surface area contributed by atoms with E-state index in [-0.39, 0.29) is 22.7 Å². The van der Waals surface area contributed by atoms with E-state index in [9.17, 15) is 19.2 Å². The minimum absolute atomic E-state index is 0.199. The lowest BCUT2D eigenvalue weighted by atomic mass is 9.53. The van der Waals surface area contributed by atoms with Crippen molar-refractivity contribution in [3.63, 3.8) is 0 Å². The van der Waals surface area contributed by atoms with Crippen molar-refractivity contribution in [3.8, 4) is 11.5 Å². The molecular weight excluding hydrogens is 594 g/mol. The van der Waals surface area contributed by atoms with Gasteiger partial charge >= 0.3 is 23.9 Å². The molecule has 6 rings (SSSR count). The number of methoxy groups -OCH3 is 2. The average molecular weight is 632 g/mol. The maximum absolute atomic E-state index is 13.0. The van der Waals surface area contributed by atoms with Gasteiger partial charge in [0.1, 0.15) is 11.5 Å². The Bertz CT molecular complexity index is 1400. The van der Waals surface area contributed by atoms with Crippen LogP contribution in [0.25, 0.3) is 0 Å². The van der Waals surface area contributed by atoms with Gasteiger partial charge in [-0.25, -0.2) is 4.79 Å². The average Bonchev–Trinajstić information content (AvgIpc) is 3.32. The zero-order valence-electron chi connectivity index (χ0n) is 25.5. The molecule has 5 aliphatic rings. The molecule has 13 heteroatoms. The lowest BCUT2D eigenvalue weighted by molar-refractivity contribution is -0.235. The smallest absolute Gasteiger partial charge is 0.339 e. The van der Waals surface area contributed by atoms with E-state index < -0.39 is 53.7 Å². The molecular formula is C31H37NO11S. The van der Waals surface area contributed by atoms with Crippen LogP contribution in [-0.2, 0) is 54.7 Å². The number of likely N-dealkylation sites (N-methyl/N-ethyl adjacent to an activating group) is 1. The van der Waals surface area contributed by atoms with Crippen LogP contribution in [0.4, 0.5) is 0 Å². The summed E-state index contributed by atoms with van der Waals surface area (Å²) < 4.78 is 40.5. The Kier molecular flexibility index (Phi) is 8.08. The summed E-state index contributed by atoms with van der Waals surface area (Å²) in [5.41, 5.74) is 1.07. The minimum Gasteiger partial charge on any atom is -0.493 e. The number of thioether (sulfide) groups is 1. The van der Waals surface area contributed by atoms with Gasteiger partial charge in [0.15, 0.2) is 35.9 Å². The van der Waals surface area contributed by atoms with E-state index in [1.165, 1.54) is 43.8 Å². The second kappa shape index (κ2) is 11.6. The van der Waals surface area contributed by atoms with Crippen LogP contribution < -0.4 is 9.47 Å². The zero-order chi connectivity index (χ0) is 31.5. The van der Waals surface area contributed by atoms with Crippen molar-refractivity contribution in [2.24, 2.45) is 5.92 Å². The lowest BCUT2D eigenvalue weighted by Gasteiger charge is -2.57. The molecule has 2 saturated heterocycles. The molecule has 1 aromatic carbocycles. The molecule has 0 amide bonds. The number of hydrogen-bond acceptors (Lipinski definition) is 13. The van der Waals surface area contributed by atoms with E-state index in [0.717, 1.165) is 32.1 Å². The van der Waals surface area contributed by atoms with Gasteiger partial charge in [-0.2, -0.15) is 0 Å². The first-order chi connectivity index (χ1) is 21.0. The van der Waals surface area contributed by atoms with Crippen molar-refractivity contribution < 1.29 is 52.3 Å². The van der Waals surface area contributed by atoms with Gasteiger partial charge in [-0.05, 0) is 38.1 Å². The third kappa shape index (κ3) is 4.83. The predicted molar refractivity (Wildman–Crippen MR) is 155 cm³/mol. The third-order valence-electron chi connectivity index (χ3n) is 9.46. The number of esters is 4. The summed E-state index contributed by atoms with van der Waals surface area (Å²) in [6, 6.07) is 4.38. The number of rotatable bonds is 7. The molecule has 0 radical (unpaired) electrons. The molecule has 12 nitrogen and oxygen atoms in total. The van der Waals surface area contributed by atoms with Crippen LogP contribution in [0.15, 0.2) is 24.3 Å². The van der Waals surface area contributed by atoms with Crippen LogP contribution in [0, 0.1) is 5.92 Å². The first kappa shape index (κ1) is 30.7. The van der Waals surface area contributed by atoms with E-state index in [4.69, 9.17) is 33.2 Å². The quantitative estimate of drug-likeness (QED) is 0.247. The first-order valence-corrected chi connectivity index (χ1v) is 15.6. The SMILES string of the molecule is COC(=O)[C@H]1OC(SC2C=CC3C4Cc5ccc(OC)c6c5C3(CCN4C)C2O6)[C@H](OC(C)=O)[C@@H](OC(C)=O)[C@@H]1OC(C)=O. The highest BCUT2D eigenvalue weighted by molar-refractivity contribution is 8.00. The molecule has 10 atom stereocenters. The van der Waals surface area contributed by atoms with Crippen molar-refractivity contribution in [1.29, 1.82) is 0 Å². The highest BCUT2D eigenvalue weighted by atomic mass is 32.2. The second-order valence-electron chi connectivity index (χ2n) is 11.9. The van der Waals surface area contributed by atoms with Gasteiger partial charge in [0, 0.05) is 43.7 Å². The summed E-state index contributed by atoms with van der Waals surface area (Å²) in [4.78, 5) is 52.1. The zero-order valence-corrected chi connectivity index (χ0v) is 26.3. The minimum atomic E-state index is -1.45. The highest BCUT2D eigenvalue weighted by Crippen LogP contribution is 2.63. The summed E-state index contributed by atoms with van der Waals surface area (Å²) in [6.07, 6.45) is 0.338. The molecule has 1 aromatic rings. The van der Waals surface area contributed by atoms with Crippen LogP contribution in [-0.4, -0.2) is 104 Å². The molecule has 238 valence electrons. The molecule has 3 heterocycles. The number of nitrogens with zero attached hydrogens (tertiary/aromatic N) is 1. The standard InChI is InChI=1S/C31H37NO11S/c1-14(33)39-24-25(40-15(2)34)27(41-16(3)35)30(43-26(24)29(36)38-6)44-21-10-8-18-19-13-17-7-9-20(37-5)23-22(17)31(18,28(21)42-23)11-12-32(19)4/h7-10,18-19,21,24-28,30H,11-13H2,1-6H3/t18?,19?,21?,24-,25-,26-,27+,28?,30?,31?/m0/s1. The van der Waals surface area contributed by atoms with Crippen LogP contribution in [0.2, 0.25) is 0 Å². The van der Waals surface area contributed by atoms with Crippen molar-refractivity contribution >= 4 is 35.6 Å². The Morgan fingerprint density at radius 3 is 2.30 bits per heavy atom. The topological polar surface area (TPSA) is 136 Å². The number of benzene rings is 1. The summed E-state index contributed by atoms with van der Waals surface area (Å²) in [5, 5.41) is -0.331. The Morgan fingerprint density at radius 2 is 1.64 bits per heavy atom. The Labute approximate surface area is 259 Å². The molecule has 0 N–H and O–H groups in total. The molecule has 3 aliphatic heterocycles. The van der Waals surface area contributed by atoms with Crippen molar-refractivity contribution in [1.82, 2.24) is 4.90 Å². The highest BCUT2D eigenvalue weighted by Gasteiger charge is 2.65. The fourth-order valence-corrected chi connectivity index (χ4v) is 9.31. The monoisotopic (exact) mass is 631 g/mol. The van der Waals surface area contributed by atoms with Crippen LogP contribution in [0.5, 0.6) is 11.5 Å². The maximum atomic E-state index is 13.0. The van der Waals surface area contributed by atoms with E-state index in [2.05, 4.69) is 30.2 Å². The molecule has 2 aliphatic carbocycles. The Hall–Kier alpha value is -3.29. The predicted octanol–water partition coefficient (Wildman–Crippen LogP) is 1.94. The summed E-state index contributed by atoms with van der Waals surface area (Å²) in [5.74, 6) is -1.34. The number of ether oxygens (including phenoxy) is 7. The summed E-state index contributed by atoms with van der Waals surface area (Å²) >= 11 is 1.30. The van der Waals surface area contributed by atoms with E-state index >= 15 is 0 Å². The third-order valence-corrected chi connectivity index (χ3v) is 10.8. The van der Waals surface area contributed by atoms with Crippen molar-refractivity contribution in [2.45, 2.75) is 86.3 Å². The summed E-state index contributed by atoms with van der Waals surface area (Å²) in [7, 11) is 4.97. The van der Waals surface area contributed by atoms with E-state index in [1.54, 1.807) is 7.11 Å².